The van der Waals surface area contributed by atoms with Gasteiger partial charge in [-0.1, -0.05) is 99.6 Å². The van der Waals surface area contributed by atoms with Crippen LogP contribution in [0.15, 0.2) is 30.3 Å². The van der Waals surface area contributed by atoms with Crippen LogP contribution in [0, 0.1) is 0 Å². The molecule has 0 aromatic heterocycles. The molecule has 0 atom stereocenters. The highest BCUT2D eigenvalue weighted by Gasteiger charge is 2.25. The average Bonchev–Trinajstić information content (AvgIpc) is 2.72. The number of rotatable bonds is 10. The van der Waals surface area contributed by atoms with Crippen molar-refractivity contribution in [2.24, 2.45) is 0 Å². The molecule has 0 heterocycles. The van der Waals surface area contributed by atoms with Crippen molar-refractivity contribution in [2.75, 3.05) is 4.72 Å². The highest BCUT2D eigenvalue weighted by Crippen LogP contribution is 2.34. The Kier molecular flexibility index (Phi) is 9.57. The van der Waals surface area contributed by atoms with Gasteiger partial charge in [0.25, 0.3) is 0 Å². The van der Waals surface area contributed by atoms with Gasteiger partial charge in [-0.3, -0.25) is 9.52 Å². The van der Waals surface area contributed by atoms with Crippen LogP contribution >= 0.6 is 0 Å². The molecule has 0 aliphatic rings. The lowest BCUT2D eigenvalue weighted by atomic mass is 9.83. The summed E-state index contributed by atoms with van der Waals surface area (Å²) >= 11 is 0. The van der Waals surface area contributed by atoms with Crippen LogP contribution < -0.4 is 4.72 Å². The Hall–Kier alpha value is -2.34. The summed E-state index contributed by atoms with van der Waals surface area (Å²) in [6, 6.07) is 10.0. The quantitative estimate of drug-likeness (QED) is 0.361. The molecule has 0 unspecified atom stereocenters. The summed E-state index contributed by atoms with van der Waals surface area (Å²) in [5.41, 5.74) is 6.44. The van der Waals surface area contributed by atoms with Crippen LogP contribution in [0.5, 0.6) is 0 Å². The van der Waals surface area contributed by atoms with Crippen LogP contribution in [-0.4, -0.2) is 14.4 Å². The van der Waals surface area contributed by atoms with Gasteiger partial charge in [-0.2, -0.15) is 8.42 Å². The third kappa shape index (κ3) is 7.33. The van der Waals surface area contributed by atoms with Crippen molar-refractivity contribution < 1.29 is 17.4 Å². The number of carbonyl (C=O) groups excluding carboxylic acids is 1. The van der Waals surface area contributed by atoms with Gasteiger partial charge in [0.1, 0.15) is 0 Å². The zero-order valence-electron chi connectivity index (χ0n) is 23.0. The van der Waals surface area contributed by atoms with Gasteiger partial charge < -0.3 is 4.18 Å². The summed E-state index contributed by atoms with van der Waals surface area (Å²) in [5.74, 6) is 0.150. The van der Waals surface area contributed by atoms with Crippen molar-refractivity contribution in [3.05, 3.63) is 63.7 Å². The van der Waals surface area contributed by atoms with Crippen LogP contribution in [0.4, 0.5) is 5.69 Å². The van der Waals surface area contributed by atoms with E-state index in [4.69, 9.17) is 4.18 Å². The van der Waals surface area contributed by atoms with Crippen molar-refractivity contribution in [1.29, 1.82) is 0 Å². The van der Waals surface area contributed by atoms with Crippen molar-refractivity contribution >= 4 is 22.0 Å². The predicted octanol–water partition coefficient (Wildman–Crippen LogP) is 7.75. The minimum atomic E-state index is -4.35. The second-order valence-corrected chi connectivity index (χ2v) is 12.2. The summed E-state index contributed by atoms with van der Waals surface area (Å²) in [5, 5.41) is 0. The molecule has 2 aromatic carbocycles. The molecule has 6 heteroatoms. The highest BCUT2D eigenvalue weighted by atomic mass is 32.2. The first-order valence-corrected chi connectivity index (χ1v) is 14.1. The smallest absolute Gasteiger partial charge is 0.330 e. The number of para-hydroxylation sites is 1. The first-order valence-electron chi connectivity index (χ1n) is 12.7. The zero-order chi connectivity index (χ0) is 26.7. The van der Waals surface area contributed by atoms with E-state index in [1.807, 2.05) is 45.9 Å². The summed E-state index contributed by atoms with van der Waals surface area (Å²) in [6.45, 7) is 20.7. The molecule has 5 nitrogen and oxygen atoms in total. The van der Waals surface area contributed by atoms with Gasteiger partial charge >= 0.3 is 16.3 Å². The van der Waals surface area contributed by atoms with Crippen molar-refractivity contribution in [3.8, 4) is 0 Å². The highest BCUT2D eigenvalue weighted by molar-refractivity contribution is 7.88. The molecule has 0 fully saturated rings. The molecule has 0 aliphatic carbocycles. The molecule has 2 aromatic rings. The fourth-order valence-corrected chi connectivity index (χ4v) is 5.25. The van der Waals surface area contributed by atoms with E-state index in [-0.39, 0.29) is 30.1 Å². The predicted molar refractivity (Wildman–Crippen MR) is 146 cm³/mol. The Labute approximate surface area is 212 Å². The molecule has 0 radical (unpaired) electrons. The van der Waals surface area contributed by atoms with E-state index in [1.54, 1.807) is 0 Å². The topological polar surface area (TPSA) is 72.5 Å². The lowest BCUT2D eigenvalue weighted by Crippen LogP contribution is -2.24. The maximum absolute atomic E-state index is 13.0. The van der Waals surface area contributed by atoms with Crippen molar-refractivity contribution in [3.63, 3.8) is 0 Å². The Morgan fingerprint density at radius 3 is 1.54 bits per heavy atom. The van der Waals surface area contributed by atoms with Gasteiger partial charge in [-0.15, -0.1) is 0 Å². The minimum Gasteiger partial charge on any atom is -0.330 e. The summed E-state index contributed by atoms with van der Waals surface area (Å²) in [7, 11) is -4.35. The largest absolute Gasteiger partial charge is 0.410 e. The SMILES string of the molecule is CC(C)c1cc(C(C)C)c(CC(=O)OS(=O)(=O)Nc2c(C(C)C)cccc2C(C)C)c(C(C)C)c1. The Morgan fingerprint density at radius 2 is 1.17 bits per heavy atom. The molecule has 0 bridgehead atoms. The van der Waals surface area contributed by atoms with E-state index >= 15 is 0 Å². The second-order valence-electron chi connectivity index (χ2n) is 11.0. The van der Waals surface area contributed by atoms with E-state index in [2.05, 4.69) is 58.4 Å². The lowest BCUT2D eigenvalue weighted by molar-refractivity contribution is -0.133. The number of carbonyl (C=O) groups is 1. The van der Waals surface area contributed by atoms with Gasteiger partial charge in [-0.25, -0.2) is 0 Å². The standard InChI is InChI=1S/C29H43NO4S/c1-17(2)22-14-25(20(7)8)27(26(15-22)21(9)10)16-28(31)34-35(32,33)30-29-23(18(3)4)12-11-13-24(29)19(5)6/h11-15,17-21,30H,16H2,1-10H3. The third-order valence-corrected chi connectivity index (χ3v) is 7.24. The summed E-state index contributed by atoms with van der Waals surface area (Å²) < 4.78 is 33.6. The first kappa shape index (κ1) is 28.9. The molecule has 194 valence electrons. The maximum atomic E-state index is 13.0. The molecular weight excluding hydrogens is 458 g/mol. The number of benzene rings is 2. The molecule has 0 saturated heterocycles. The van der Waals surface area contributed by atoms with Gasteiger partial charge in [-0.05, 0) is 63.0 Å². The fraction of sp³-hybridized carbons (Fsp3) is 0.552. The number of hydrogen-bond acceptors (Lipinski definition) is 4. The van der Waals surface area contributed by atoms with Gasteiger partial charge in [0.15, 0.2) is 0 Å². The molecule has 0 saturated carbocycles. The molecule has 0 aliphatic heterocycles. The van der Waals surface area contributed by atoms with Crippen molar-refractivity contribution in [1.82, 2.24) is 0 Å². The number of nitrogens with one attached hydrogen (secondary N) is 1. The van der Waals surface area contributed by atoms with Gasteiger partial charge in [0.2, 0.25) is 0 Å². The van der Waals surface area contributed by atoms with E-state index < -0.39 is 16.3 Å². The minimum absolute atomic E-state index is 0.0941. The van der Waals surface area contributed by atoms with Crippen LogP contribution in [0.2, 0.25) is 0 Å². The molecule has 0 spiro atoms. The van der Waals surface area contributed by atoms with Crippen molar-refractivity contribution in [2.45, 2.75) is 105 Å². The normalized spacial score (nSPS) is 12.3. The molecule has 2 rings (SSSR count). The zero-order valence-corrected chi connectivity index (χ0v) is 23.8. The third-order valence-electron chi connectivity index (χ3n) is 6.38. The van der Waals surface area contributed by atoms with Crippen LogP contribution in [0.1, 0.15) is 132 Å². The Bertz CT molecular complexity index is 1090. The number of hydrogen-bond donors (Lipinski definition) is 1. The van der Waals surface area contributed by atoms with Gasteiger partial charge in [0.05, 0.1) is 12.1 Å². The van der Waals surface area contributed by atoms with Crippen LogP contribution in [-0.2, 0) is 25.7 Å². The van der Waals surface area contributed by atoms with Crippen LogP contribution in [0.25, 0.3) is 0 Å². The number of anilines is 1. The molecule has 0 amide bonds. The van der Waals surface area contributed by atoms with E-state index in [0.717, 1.165) is 27.8 Å². The summed E-state index contributed by atoms with van der Waals surface area (Å²) in [4.78, 5) is 13.0. The first-order chi connectivity index (χ1) is 16.1. The molecule has 35 heavy (non-hydrogen) atoms. The monoisotopic (exact) mass is 501 g/mol. The van der Waals surface area contributed by atoms with E-state index in [9.17, 15) is 13.2 Å². The fourth-order valence-electron chi connectivity index (χ4n) is 4.42. The Morgan fingerprint density at radius 1 is 0.743 bits per heavy atom. The maximum Gasteiger partial charge on any atom is 0.410 e. The Balaban J connectivity index is 2.40. The van der Waals surface area contributed by atoms with Gasteiger partial charge in [0, 0.05) is 0 Å². The van der Waals surface area contributed by atoms with E-state index in [0.29, 0.717) is 11.6 Å². The summed E-state index contributed by atoms with van der Waals surface area (Å²) in [6.07, 6.45) is -0.0941. The van der Waals surface area contributed by atoms with Crippen LogP contribution in [0.3, 0.4) is 0 Å². The second kappa shape index (κ2) is 11.6. The molecule has 1 N–H and O–H groups in total. The lowest BCUT2D eigenvalue weighted by Gasteiger charge is -2.23. The average molecular weight is 502 g/mol. The van der Waals surface area contributed by atoms with E-state index in [1.165, 1.54) is 5.56 Å². The molecular formula is C29H43NO4S.